The van der Waals surface area contributed by atoms with E-state index >= 15 is 0 Å². The summed E-state index contributed by atoms with van der Waals surface area (Å²) in [6.45, 7) is 0. The lowest BCUT2D eigenvalue weighted by atomic mass is 10.1. The number of ether oxygens (including phenoxy) is 1. The van der Waals surface area contributed by atoms with E-state index in [0.29, 0.717) is 6.42 Å². The predicted molar refractivity (Wildman–Crippen MR) is 70.2 cm³/mol. The lowest BCUT2D eigenvalue weighted by molar-refractivity contribution is -0.388. The SMILES string of the molecule is COC1CCC(Nc2ccc([N+](=O)[O-])c(C(F)(F)F)c2)C1. The highest BCUT2D eigenvalue weighted by atomic mass is 19.4. The zero-order valence-electron chi connectivity index (χ0n) is 11.3. The molecule has 21 heavy (non-hydrogen) atoms. The number of nitro groups is 1. The van der Waals surface area contributed by atoms with Gasteiger partial charge in [-0.05, 0) is 31.4 Å². The number of anilines is 1. The predicted octanol–water partition coefficient (Wildman–Crippen LogP) is 3.59. The second-order valence-corrected chi connectivity index (χ2v) is 5.00. The van der Waals surface area contributed by atoms with Crippen LogP contribution in [0.15, 0.2) is 18.2 Å². The van der Waals surface area contributed by atoms with E-state index in [1.807, 2.05) is 0 Å². The van der Waals surface area contributed by atoms with Crippen molar-refractivity contribution in [2.75, 3.05) is 12.4 Å². The Hall–Kier alpha value is -1.83. The van der Waals surface area contributed by atoms with E-state index in [1.165, 1.54) is 6.07 Å². The largest absolute Gasteiger partial charge is 0.423 e. The van der Waals surface area contributed by atoms with Gasteiger partial charge >= 0.3 is 6.18 Å². The van der Waals surface area contributed by atoms with Gasteiger partial charge in [0, 0.05) is 24.9 Å². The number of nitro benzene ring substituents is 1. The molecule has 1 aromatic rings. The summed E-state index contributed by atoms with van der Waals surface area (Å²) in [5.41, 5.74) is -1.94. The Balaban J connectivity index is 2.20. The molecule has 0 heterocycles. The average Bonchev–Trinajstić information content (AvgIpc) is 2.85. The Kier molecular flexibility index (Phi) is 4.36. The molecule has 1 aliphatic rings. The van der Waals surface area contributed by atoms with Gasteiger partial charge in [-0.25, -0.2) is 0 Å². The van der Waals surface area contributed by atoms with E-state index in [1.54, 1.807) is 7.11 Å². The van der Waals surface area contributed by atoms with E-state index in [0.717, 1.165) is 25.0 Å². The van der Waals surface area contributed by atoms with Crippen LogP contribution in [0.5, 0.6) is 0 Å². The second kappa shape index (κ2) is 5.88. The molecule has 1 saturated carbocycles. The fourth-order valence-electron chi connectivity index (χ4n) is 2.53. The van der Waals surface area contributed by atoms with Crippen molar-refractivity contribution in [3.05, 3.63) is 33.9 Å². The maximum atomic E-state index is 12.9. The highest BCUT2D eigenvalue weighted by Gasteiger charge is 2.38. The van der Waals surface area contributed by atoms with Gasteiger partial charge in [0.2, 0.25) is 0 Å². The Morgan fingerprint density at radius 2 is 2.10 bits per heavy atom. The Morgan fingerprint density at radius 3 is 2.62 bits per heavy atom. The van der Waals surface area contributed by atoms with Gasteiger partial charge in [0.1, 0.15) is 5.56 Å². The fourth-order valence-corrected chi connectivity index (χ4v) is 2.53. The Bertz CT molecular complexity index is 534. The second-order valence-electron chi connectivity index (χ2n) is 5.00. The van der Waals surface area contributed by atoms with E-state index in [4.69, 9.17) is 4.74 Å². The van der Waals surface area contributed by atoms with Crippen LogP contribution in [0.2, 0.25) is 0 Å². The van der Waals surface area contributed by atoms with Crippen molar-refractivity contribution in [1.82, 2.24) is 0 Å². The Morgan fingerprint density at radius 1 is 1.38 bits per heavy atom. The fraction of sp³-hybridized carbons (Fsp3) is 0.538. The van der Waals surface area contributed by atoms with Gasteiger partial charge in [0.05, 0.1) is 11.0 Å². The van der Waals surface area contributed by atoms with Crippen molar-refractivity contribution in [2.45, 2.75) is 37.6 Å². The first-order valence-electron chi connectivity index (χ1n) is 6.46. The first kappa shape index (κ1) is 15.6. The molecule has 0 aliphatic heterocycles. The maximum Gasteiger partial charge on any atom is 0.423 e. The topological polar surface area (TPSA) is 64.4 Å². The highest BCUT2D eigenvalue weighted by molar-refractivity contribution is 5.55. The van der Waals surface area contributed by atoms with Crippen LogP contribution in [0.1, 0.15) is 24.8 Å². The van der Waals surface area contributed by atoms with E-state index in [9.17, 15) is 23.3 Å². The minimum absolute atomic E-state index is 0.0116. The zero-order valence-corrected chi connectivity index (χ0v) is 11.3. The van der Waals surface area contributed by atoms with E-state index in [2.05, 4.69) is 5.32 Å². The molecule has 0 aromatic heterocycles. The van der Waals surface area contributed by atoms with E-state index in [-0.39, 0.29) is 17.8 Å². The van der Waals surface area contributed by atoms with Gasteiger partial charge in [-0.3, -0.25) is 10.1 Å². The number of hydrogen-bond donors (Lipinski definition) is 1. The molecule has 0 saturated heterocycles. The quantitative estimate of drug-likeness (QED) is 0.682. The smallest absolute Gasteiger partial charge is 0.382 e. The van der Waals surface area contributed by atoms with Crippen LogP contribution in [-0.2, 0) is 10.9 Å². The number of nitrogens with one attached hydrogen (secondary N) is 1. The van der Waals surface area contributed by atoms with Crippen LogP contribution in [0.4, 0.5) is 24.5 Å². The number of alkyl halides is 3. The third kappa shape index (κ3) is 3.63. The summed E-state index contributed by atoms with van der Waals surface area (Å²) in [4.78, 5) is 9.65. The van der Waals surface area contributed by atoms with E-state index < -0.39 is 22.4 Å². The third-order valence-electron chi connectivity index (χ3n) is 3.59. The molecule has 1 aromatic carbocycles. The monoisotopic (exact) mass is 304 g/mol. The van der Waals surface area contributed by atoms with Gasteiger partial charge in [-0.15, -0.1) is 0 Å². The van der Waals surface area contributed by atoms with Crippen molar-refractivity contribution >= 4 is 11.4 Å². The number of methoxy groups -OCH3 is 1. The minimum atomic E-state index is -4.76. The molecule has 0 amide bonds. The van der Waals surface area contributed by atoms with Gasteiger partial charge in [0.15, 0.2) is 0 Å². The number of nitrogens with zero attached hydrogens (tertiary/aromatic N) is 1. The molecule has 0 bridgehead atoms. The van der Waals surface area contributed by atoms with Gasteiger partial charge in [0.25, 0.3) is 5.69 Å². The summed E-state index contributed by atoms with van der Waals surface area (Å²) in [5, 5.41) is 13.7. The summed E-state index contributed by atoms with van der Waals surface area (Å²) in [6, 6.07) is 2.98. The van der Waals surface area contributed by atoms with Gasteiger partial charge in [-0.2, -0.15) is 13.2 Å². The average molecular weight is 304 g/mol. The molecule has 1 aliphatic carbocycles. The molecule has 2 rings (SSSR count). The molecule has 2 atom stereocenters. The number of benzene rings is 1. The molecule has 1 fully saturated rings. The molecule has 0 radical (unpaired) electrons. The summed E-state index contributed by atoms with van der Waals surface area (Å²) in [5.74, 6) is 0. The lowest BCUT2D eigenvalue weighted by Crippen LogP contribution is -2.18. The summed E-state index contributed by atoms with van der Waals surface area (Å²) in [6.07, 6.45) is -2.33. The van der Waals surface area contributed by atoms with Crippen molar-refractivity contribution in [3.8, 4) is 0 Å². The van der Waals surface area contributed by atoms with Crippen LogP contribution in [0.3, 0.4) is 0 Å². The zero-order chi connectivity index (χ0) is 15.6. The normalized spacial score (nSPS) is 22.3. The number of hydrogen-bond acceptors (Lipinski definition) is 4. The number of rotatable bonds is 4. The molecule has 2 unspecified atom stereocenters. The van der Waals surface area contributed by atoms with Gasteiger partial charge < -0.3 is 10.1 Å². The Labute approximate surface area is 119 Å². The third-order valence-corrected chi connectivity index (χ3v) is 3.59. The molecule has 0 spiro atoms. The van der Waals surface area contributed by atoms with Crippen LogP contribution in [-0.4, -0.2) is 24.2 Å². The molecular formula is C13H15F3N2O3. The standard InChI is InChI=1S/C13H15F3N2O3/c1-21-10-4-2-8(6-10)17-9-3-5-12(18(19)20)11(7-9)13(14,15)16/h3,5,7-8,10,17H,2,4,6H2,1H3. The molecular weight excluding hydrogens is 289 g/mol. The first-order valence-corrected chi connectivity index (χ1v) is 6.46. The lowest BCUT2D eigenvalue weighted by Gasteiger charge is -2.16. The minimum Gasteiger partial charge on any atom is -0.382 e. The molecule has 5 nitrogen and oxygen atoms in total. The van der Waals surface area contributed by atoms with Crippen molar-refractivity contribution in [3.63, 3.8) is 0 Å². The van der Waals surface area contributed by atoms with Crippen LogP contribution in [0, 0.1) is 10.1 Å². The van der Waals surface area contributed by atoms with Crippen LogP contribution >= 0.6 is 0 Å². The molecule has 1 N–H and O–H groups in total. The summed E-state index contributed by atoms with van der Waals surface area (Å²) < 4.78 is 43.8. The highest BCUT2D eigenvalue weighted by Crippen LogP contribution is 2.38. The van der Waals surface area contributed by atoms with Crippen LogP contribution in [0.25, 0.3) is 0 Å². The number of halogens is 3. The first-order chi connectivity index (χ1) is 9.81. The molecule has 116 valence electrons. The maximum absolute atomic E-state index is 12.9. The summed E-state index contributed by atoms with van der Waals surface area (Å²) >= 11 is 0. The van der Waals surface area contributed by atoms with Gasteiger partial charge in [-0.1, -0.05) is 0 Å². The van der Waals surface area contributed by atoms with Crippen molar-refractivity contribution < 1.29 is 22.8 Å². The van der Waals surface area contributed by atoms with Crippen molar-refractivity contribution in [2.24, 2.45) is 0 Å². The molecule has 8 heteroatoms. The van der Waals surface area contributed by atoms with Crippen molar-refractivity contribution in [1.29, 1.82) is 0 Å². The van der Waals surface area contributed by atoms with Crippen LogP contribution < -0.4 is 5.32 Å². The summed E-state index contributed by atoms with van der Waals surface area (Å²) in [7, 11) is 1.60.